The van der Waals surface area contributed by atoms with Gasteiger partial charge in [-0.2, -0.15) is 15.8 Å². The van der Waals surface area contributed by atoms with E-state index in [-0.39, 0.29) is 31.3 Å². The standard InChI is InChI=1S/C49H61Cl3N6O6/c1-47(2)19-32(35(25-53)38(22-47)56-13-7-8-14-56)41(50)44(59)62-28-31(29-63-45(60)42(51)33-20-48(3,4)23-39(36(33)26-54)57-15-9-10-16-57)30-64-46(61)43(52)34-21-49(5,6)24-40(37(34)27-55)58-17-11-12-18-58/h31H,7-24,28-30H2,1-6H3/b41-32-,42-33-,43-34-. The molecule has 0 aromatic rings. The summed E-state index contributed by atoms with van der Waals surface area (Å²) >= 11 is 20.4. The molecule has 0 aromatic heterocycles. The van der Waals surface area contributed by atoms with Crippen molar-refractivity contribution < 1.29 is 28.6 Å². The Labute approximate surface area is 393 Å². The Morgan fingerprint density at radius 3 is 0.938 bits per heavy atom. The highest BCUT2D eigenvalue weighted by molar-refractivity contribution is 6.42. The summed E-state index contributed by atoms with van der Waals surface area (Å²) in [5.41, 5.74) is 4.13. The van der Waals surface area contributed by atoms with Crippen molar-refractivity contribution in [2.24, 2.45) is 22.2 Å². The van der Waals surface area contributed by atoms with Gasteiger partial charge in [0, 0.05) is 56.4 Å². The Balaban J connectivity index is 1.26. The number of hydrogen-bond acceptors (Lipinski definition) is 12. The van der Waals surface area contributed by atoms with Crippen molar-refractivity contribution in [1.82, 2.24) is 14.7 Å². The SMILES string of the molecule is CC1(C)CC(N2CCCC2)=C(C#N)/C(=C(\Cl)C(=O)OCC(COC(=O)/C(Cl)=C2\CC(C)(C)CC(N3CCCC3)=C2C#N)COC(=O)/C(Cl)=C2\CC(C)(C)CC(N3CCCC3)=C2C#N)C1. The number of hydrogen-bond donors (Lipinski definition) is 0. The minimum atomic E-state index is -0.924. The number of carbonyl (C=O) groups excluding carboxylic acids is 3. The van der Waals surface area contributed by atoms with Crippen LogP contribution in [0.25, 0.3) is 0 Å². The Morgan fingerprint density at radius 2 is 0.719 bits per heavy atom. The monoisotopic (exact) mass is 934 g/mol. The van der Waals surface area contributed by atoms with E-state index in [0.29, 0.717) is 72.0 Å². The Hall–Kier alpha value is -4.41. The molecule has 0 amide bonds. The van der Waals surface area contributed by atoms with Crippen molar-refractivity contribution >= 4 is 52.7 Å². The molecule has 6 aliphatic rings. The first-order valence-electron chi connectivity index (χ1n) is 22.6. The molecule has 0 N–H and O–H groups in total. The molecule has 3 aliphatic heterocycles. The minimum absolute atomic E-state index is 0.219. The van der Waals surface area contributed by atoms with Gasteiger partial charge in [-0.1, -0.05) is 76.3 Å². The third-order valence-corrected chi connectivity index (χ3v) is 14.3. The number of nitriles is 3. The lowest BCUT2D eigenvalue weighted by Crippen LogP contribution is -2.31. The van der Waals surface area contributed by atoms with E-state index in [1.165, 1.54) is 0 Å². The van der Waals surface area contributed by atoms with E-state index in [2.05, 4.69) is 74.4 Å². The fourth-order valence-corrected chi connectivity index (χ4v) is 10.7. The number of allylic oxidation sites excluding steroid dienone is 9. The highest BCUT2D eigenvalue weighted by atomic mass is 35.5. The lowest BCUT2D eigenvalue weighted by atomic mass is 9.73. The average Bonchev–Trinajstić information content (AvgIpc) is 4.09. The van der Waals surface area contributed by atoms with E-state index in [9.17, 15) is 30.2 Å². The summed E-state index contributed by atoms with van der Waals surface area (Å²) < 4.78 is 17.3. The van der Waals surface area contributed by atoms with Crippen LogP contribution in [0.3, 0.4) is 0 Å². The molecule has 344 valence electrons. The lowest BCUT2D eigenvalue weighted by molar-refractivity contribution is -0.147. The summed E-state index contributed by atoms with van der Waals surface area (Å²) in [5.74, 6) is -3.56. The normalized spacial score (nSPS) is 24.3. The van der Waals surface area contributed by atoms with Crippen LogP contribution < -0.4 is 0 Å². The number of esters is 3. The molecule has 3 heterocycles. The van der Waals surface area contributed by atoms with E-state index in [1.54, 1.807) is 0 Å². The van der Waals surface area contributed by atoms with Crippen LogP contribution in [-0.2, 0) is 28.6 Å². The summed E-state index contributed by atoms with van der Waals surface area (Å²) in [7, 11) is 0. The highest BCUT2D eigenvalue weighted by Crippen LogP contribution is 2.48. The van der Waals surface area contributed by atoms with E-state index in [0.717, 1.165) is 94.9 Å². The van der Waals surface area contributed by atoms with Crippen molar-refractivity contribution in [2.45, 2.75) is 119 Å². The van der Waals surface area contributed by atoms with Gasteiger partial charge in [0.25, 0.3) is 0 Å². The fraction of sp³-hybridized carbons (Fsp3) is 0.633. The first-order chi connectivity index (χ1) is 30.3. The van der Waals surface area contributed by atoms with Crippen LogP contribution in [0.4, 0.5) is 0 Å². The zero-order chi connectivity index (χ0) is 46.6. The van der Waals surface area contributed by atoms with Crippen molar-refractivity contribution in [3.05, 3.63) is 65.6 Å². The Bertz CT molecular complexity index is 1980. The largest absolute Gasteiger partial charge is 0.461 e. The van der Waals surface area contributed by atoms with Crippen LogP contribution in [0, 0.1) is 56.2 Å². The second-order valence-corrected chi connectivity index (χ2v) is 21.6. The molecule has 0 aromatic carbocycles. The molecule has 0 bridgehead atoms. The maximum atomic E-state index is 13.8. The second-order valence-electron chi connectivity index (χ2n) is 20.5. The number of likely N-dealkylation sites (tertiary alicyclic amines) is 3. The van der Waals surface area contributed by atoms with Crippen LogP contribution >= 0.6 is 34.8 Å². The number of carbonyl (C=O) groups is 3. The van der Waals surface area contributed by atoms with E-state index in [1.807, 2.05) is 0 Å². The third kappa shape index (κ3) is 11.3. The summed E-state index contributed by atoms with van der Waals surface area (Å²) in [4.78, 5) is 47.9. The van der Waals surface area contributed by atoms with Crippen molar-refractivity contribution in [1.29, 1.82) is 15.8 Å². The molecule has 0 saturated carbocycles. The molecule has 6 rings (SSSR count). The third-order valence-electron chi connectivity index (χ3n) is 13.2. The van der Waals surface area contributed by atoms with Gasteiger partial charge in [-0.05, 0) is 110 Å². The zero-order valence-electron chi connectivity index (χ0n) is 38.2. The van der Waals surface area contributed by atoms with Crippen molar-refractivity contribution in [3.63, 3.8) is 0 Å². The van der Waals surface area contributed by atoms with Crippen LogP contribution in [0.1, 0.15) is 119 Å². The molecular formula is C49H61Cl3N6O6. The summed E-state index contributed by atoms with van der Waals surface area (Å²) in [6.07, 6.45) is 9.23. The fourth-order valence-electron chi connectivity index (χ4n) is 10.0. The zero-order valence-corrected chi connectivity index (χ0v) is 40.5. The maximum absolute atomic E-state index is 13.8. The summed E-state index contributed by atoms with van der Waals surface area (Å²) in [6, 6.07) is 6.93. The predicted octanol–water partition coefficient (Wildman–Crippen LogP) is 9.79. The van der Waals surface area contributed by atoms with Gasteiger partial charge in [0.1, 0.15) is 53.1 Å². The first kappa shape index (κ1) is 49.0. The number of halogens is 3. The van der Waals surface area contributed by atoms with Crippen LogP contribution in [-0.4, -0.2) is 91.7 Å². The maximum Gasteiger partial charge on any atom is 0.350 e. The van der Waals surface area contributed by atoms with E-state index >= 15 is 0 Å². The second kappa shape index (κ2) is 20.4. The van der Waals surface area contributed by atoms with Crippen LogP contribution in [0.15, 0.2) is 65.6 Å². The molecule has 3 aliphatic carbocycles. The Morgan fingerprint density at radius 1 is 0.484 bits per heavy atom. The highest BCUT2D eigenvalue weighted by Gasteiger charge is 2.40. The van der Waals surface area contributed by atoms with Gasteiger partial charge >= 0.3 is 17.9 Å². The van der Waals surface area contributed by atoms with Gasteiger partial charge in [0.05, 0.1) is 22.6 Å². The Kier molecular flexibility index (Phi) is 15.6. The molecule has 15 heteroatoms. The average molecular weight is 936 g/mol. The number of ether oxygens (including phenoxy) is 3. The van der Waals surface area contributed by atoms with Crippen LogP contribution in [0.5, 0.6) is 0 Å². The van der Waals surface area contributed by atoms with Crippen LogP contribution in [0.2, 0.25) is 0 Å². The molecule has 12 nitrogen and oxygen atoms in total. The smallest absolute Gasteiger partial charge is 0.350 e. The quantitative estimate of drug-likeness (QED) is 0.104. The van der Waals surface area contributed by atoms with E-state index < -0.39 is 43.6 Å². The number of rotatable bonds is 12. The number of nitrogens with zero attached hydrogens (tertiary/aromatic N) is 6. The minimum Gasteiger partial charge on any atom is -0.461 e. The van der Waals surface area contributed by atoms with Crippen molar-refractivity contribution in [2.75, 3.05) is 59.1 Å². The van der Waals surface area contributed by atoms with Gasteiger partial charge in [-0.25, -0.2) is 14.4 Å². The molecule has 64 heavy (non-hydrogen) atoms. The molecule has 0 atom stereocenters. The van der Waals surface area contributed by atoms with E-state index in [4.69, 9.17) is 49.0 Å². The topological polar surface area (TPSA) is 160 Å². The molecule has 3 saturated heterocycles. The molecule has 0 unspecified atom stereocenters. The molecule has 0 radical (unpaired) electrons. The van der Waals surface area contributed by atoms with Gasteiger partial charge in [0.2, 0.25) is 0 Å². The predicted molar refractivity (Wildman–Crippen MR) is 244 cm³/mol. The first-order valence-corrected chi connectivity index (χ1v) is 23.7. The molecule has 3 fully saturated rings. The van der Waals surface area contributed by atoms with Gasteiger partial charge in [-0.15, -0.1) is 0 Å². The van der Waals surface area contributed by atoms with Crippen molar-refractivity contribution in [3.8, 4) is 18.2 Å². The van der Waals surface area contributed by atoms with Gasteiger partial charge in [0.15, 0.2) is 0 Å². The molecule has 0 spiro atoms. The lowest BCUT2D eigenvalue weighted by Gasteiger charge is -2.37. The van der Waals surface area contributed by atoms with Gasteiger partial charge < -0.3 is 28.9 Å². The summed E-state index contributed by atoms with van der Waals surface area (Å²) in [5, 5.41) is 30.4. The molecular weight excluding hydrogens is 875 g/mol. The van der Waals surface area contributed by atoms with Gasteiger partial charge in [-0.3, -0.25) is 0 Å². The summed E-state index contributed by atoms with van der Waals surface area (Å²) in [6.45, 7) is 16.2.